The summed E-state index contributed by atoms with van der Waals surface area (Å²) < 4.78 is 38.1. The minimum atomic E-state index is -1.04. The van der Waals surface area contributed by atoms with E-state index in [1.807, 2.05) is 47.4 Å². The van der Waals surface area contributed by atoms with Crippen LogP contribution in [0, 0.1) is 11.6 Å². The van der Waals surface area contributed by atoms with E-state index in [2.05, 4.69) is 10.6 Å². The molecule has 0 saturated carbocycles. The first-order valence-corrected chi connectivity index (χ1v) is 11.9. The Morgan fingerprint density at radius 1 is 1.05 bits per heavy atom. The number of carbonyl (C=O) groups is 2. The molecule has 1 atom stereocenters. The first-order chi connectivity index (χ1) is 17.9. The first kappa shape index (κ1) is 24.5. The third kappa shape index (κ3) is 5.49. The van der Waals surface area contributed by atoms with Gasteiger partial charge in [-0.05, 0) is 47.5 Å². The summed E-state index contributed by atoms with van der Waals surface area (Å²) in [6, 6.07) is 15.8. The van der Waals surface area contributed by atoms with Crippen LogP contribution in [-0.4, -0.2) is 67.7 Å². The lowest BCUT2D eigenvalue weighted by Gasteiger charge is -2.40. The van der Waals surface area contributed by atoms with E-state index < -0.39 is 17.7 Å². The fraction of sp³-hybridized carbons (Fsp3) is 0.259. The summed E-state index contributed by atoms with van der Waals surface area (Å²) in [7, 11) is 1.61. The van der Waals surface area contributed by atoms with E-state index in [1.54, 1.807) is 12.0 Å². The number of rotatable bonds is 3. The van der Waals surface area contributed by atoms with Gasteiger partial charge in [0.25, 0.3) is 0 Å². The summed E-state index contributed by atoms with van der Waals surface area (Å²) in [5, 5.41) is 5.56. The second-order valence-corrected chi connectivity index (χ2v) is 8.93. The van der Waals surface area contributed by atoms with Crippen molar-refractivity contribution in [1.29, 1.82) is 0 Å². The minimum Gasteiger partial charge on any atom is -0.497 e. The fourth-order valence-corrected chi connectivity index (χ4v) is 4.52. The molecule has 0 unspecified atom stereocenters. The maximum absolute atomic E-state index is 13.5. The standard InChI is InChI=1S/C27H26F2N4O4/c1-36-21-4-2-3-17(11-21)18-5-8-25-24(12-18)31-26(34)15-32-9-10-33(14-20(32)16-37-25)27(35)30-19-6-7-22(28)23(29)13-19/h2-8,11-13,20H,9-10,14-16H2,1H3,(H,30,35)(H,31,34)/t20-/m1/s1. The molecule has 0 radical (unpaired) electrons. The second-order valence-electron chi connectivity index (χ2n) is 8.93. The first-order valence-electron chi connectivity index (χ1n) is 11.9. The molecule has 3 amide bonds. The number of nitrogens with zero attached hydrogens (tertiary/aromatic N) is 2. The van der Waals surface area contributed by atoms with Crippen LogP contribution in [0.25, 0.3) is 11.1 Å². The molecule has 5 rings (SSSR count). The molecule has 2 aliphatic rings. The van der Waals surface area contributed by atoms with Gasteiger partial charge in [-0.3, -0.25) is 9.69 Å². The summed E-state index contributed by atoms with van der Waals surface area (Å²) >= 11 is 0. The number of urea groups is 1. The highest BCUT2D eigenvalue weighted by atomic mass is 19.2. The Labute approximate surface area is 212 Å². The monoisotopic (exact) mass is 508 g/mol. The SMILES string of the molecule is COc1cccc(-c2ccc3c(c2)NC(=O)CN2CCN(C(=O)Nc4ccc(F)c(F)c4)C[C@@H]2CO3)c1. The molecule has 0 aromatic heterocycles. The molecule has 10 heteroatoms. The highest BCUT2D eigenvalue weighted by Crippen LogP contribution is 2.33. The molecule has 37 heavy (non-hydrogen) atoms. The van der Waals surface area contributed by atoms with Crippen molar-refractivity contribution in [1.82, 2.24) is 9.80 Å². The Morgan fingerprint density at radius 2 is 1.89 bits per heavy atom. The van der Waals surface area contributed by atoms with Crippen LogP contribution in [0.1, 0.15) is 0 Å². The van der Waals surface area contributed by atoms with Crippen molar-refractivity contribution < 1.29 is 27.8 Å². The molecule has 2 N–H and O–H groups in total. The third-order valence-electron chi connectivity index (χ3n) is 6.50. The number of anilines is 2. The number of hydrogen-bond donors (Lipinski definition) is 2. The van der Waals surface area contributed by atoms with Gasteiger partial charge in [-0.25, -0.2) is 13.6 Å². The molecule has 0 aliphatic carbocycles. The summed E-state index contributed by atoms with van der Waals surface area (Å²) in [6.07, 6.45) is 0. The van der Waals surface area contributed by atoms with Crippen LogP contribution < -0.4 is 20.1 Å². The number of nitrogens with one attached hydrogen (secondary N) is 2. The smallest absolute Gasteiger partial charge is 0.321 e. The molecule has 1 fully saturated rings. The summed E-state index contributed by atoms with van der Waals surface area (Å²) in [5.74, 6) is -0.934. The van der Waals surface area contributed by atoms with Gasteiger partial charge in [0.15, 0.2) is 11.6 Å². The van der Waals surface area contributed by atoms with E-state index in [1.165, 1.54) is 6.07 Å². The van der Waals surface area contributed by atoms with E-state index in [0.717, 1.165) is 29.0 Å². The van der Waals surface area contributed by atoms with Crippen molar-refractivity contribution in [3.05, 3.63) is 72.3 Å². The van der Waals surface area contributed by atoms with Gasteiger partial charge in [-0.15, -0.1) is 0 Å². The third-order valence-corrected chi connectivity index (χ3v) is 6.50. The highest BCUT2D eigenvalue weighted by molar-refractivity contribution is 5.95. The van der Waals surface area contributed by atoms with Gasteiger partial charge in [0.1, 0.15) is 18.1 Å². The predicted octanol–water partition coefficient (Wildman–Crippen LogP) is 4.19. The van der Waals surface area contributed by atoms with E-state index in [0.29, 0.717) is 31.1 Å². The van der Waals surface area contributed by atoms with Crippen LogP contribution in [0.2, 0.25) is 0 Å². The van der Waals surface area contributed by atoms with Gasteiger partial charge >= 0.3 is 6.03 Å². The van der Waals surface area contributed by atoms with Crippen LogP contribution in [0.3, 0.4) is 0 Å². The lowest BCUT2D eigenvalue weighted by atomic mass is 10.0. The zero-order valence-corrected chi connectivity index (χ0v) is 20.2. The molecule has 192 valence electrons. The van der Waals surface area contributed by atoms with Gasteiger partial charge in [0.05, 0.1) is 25.4 Å². The number of piperazine rings is 1. The Balaban J connectivity index is 1.30. The number of carbonyl (C=O) groups excluding carboxylic acids is 2. The summed E-state index contributed by atoms with van der Waals surface area (Å²) in [5.41, 5.74) is 2.57. The lowest BCUT2D eigenvalue weighted by Crippen LogP contribution is -2.58. The number of methoxy groups -OCH3 is 1. The molecule has 8 nitrogen and oxygen atoms in total. The van der Waals surface area contributed by atoms with E-state index in [-0.39, 0.29) is 30.8 Å². The average molecular weight is 509 g/mol. The summed E-state index contributed by atoms with van der Waals surface area (Å²) in [6.45, 7) is 1.54. The molecule has 0 spiro atoms. The fourth-order valence-electron chi connectivity index (χ4n) is 4.52. The van der Waals surface area contributed by atoms with Crippen molar-refractivity contribution in [2.75, 3.05) is 50.5 Å². The topological polar surface area (TPSA) is 83.1 Å². The maximum Gasteiger partial charge on any atom is 0.321 e. The molecule has 1 saturated heterocycles. The van der Waals surface area contributed by atoms with Crippen molar-refractivity contribution in [3.63, 3.8) is 0 Å². The highest BCUT2D eigenvalue weighted by Gasteiger charge is 2.32. The predicted molar refractivity (Wildman–Crippen MR) is 135 cm³/mol. The van der Waals surface area contributed by atoms with Gasteiger partial charge in [0.2, 0.25) is 5.91 Å². The number of halogens is 2. The van der Waals surface area contributed by atoms with Crippen molar-refractivity contribution in [2.24, 2.45) is 0 Å². The van der Waals surface area contributed by atoms with Crippen LogP contribution in [-0.2, 0) is 4.79 Å². The Hall–Kier alpha value is -4.18. The van der Waals surface area contributed by atoms with Crippen LogP contribution in [0.15, 0.2) is 60.7 Å². The Bertz CT molecular complexity index is 1340. The van der Waals surface area contributed by atoms with Crippen molar-refractivity contribution >= 4 is 23.3 Å². The molecule has 3 aromatic rings. The largest absolute Gasteiger partial charge is 0.497 e. The quantitative estimate of drug-likeness (QED) is 0.555. The number of ether oxygens (including phenoxy) is 2. The Kier molecular flexibility index (Phi) is 6.91. The second kappa shape index (κ2) is 10.4. The summed E-state index contributed by atoms with van der Waals surface area (Å²) in [4.78, 5) is 29.2. The van der Waals surface area contributed by atoms with Crippen LogP contribution in [0.4, 0.5) is 25.0 Å². The average Bonchev–Trinajstić information content (AvgIpc) is 2.96. The zero-order chi connectivity index (χ0) is 25.9. The van der Waals surface area contributed by atoms with Crippen molar-refractivity contribution in [2.45, 2.75) is 6.04 Å². The minimum absolute atomic E-state index is 0.148. The van der Waals surface area contributed by atoms with E-state index >= 15 is 0 Å². The van der Waals surface area contributed by atoms with Gasteiger partial charge < -0.3 is 25.0 Å². The van der Waals surface area contributed by atoms with Crippen LogP contribution >= 0.6 is 0 Å². The Morgan fingerprint density at radius 3 is 2.70 bits per heavy atom. The molecule has 2 heterocycles. The number of amides is 3. The number of fused-ring (bicyclic) bond motifs is 2. The molecular weight excluding hydrogens is 482 g/mol. The van der Waals surface area contributed by atoms with Crippen molar-refractivity contribution in [3.8, 4) is 22.6 Å². The lowest BCUT2D eigenvalue weighted by molar-refractivity contribution is -0.118. The molecule has 3 aromatic carbocycles. The molecular formula is C27H26F2N4O4. The van der Waals surface area contributed by atoms with E-state index in [4.69, 9.17) is 9.47 Å². The van der Waals surface area contributed by atoms with E-state index in [9.17, 15) is 18.4 Å². The van der Waals surface area contributed by atoms with Gasteiger partial charge in [-0.1, -0.05) is 18.2 Å². The molecule has 2 aliphatic heterocycles. The van der Waals surface area contributed by atoms with Crippen LogP contribution in [0.5, 0.6) is 11.5 Å². The number of benzene rings is 3. The van der Waals surface area contributed by atoms with Gasteiger partial charge in [0, 0.05) is 31.4 Å². The molecule has 0 bridgehead atoms. The maximum atomic E-state index is 13.5. The number of hydrogen-bond acceptors (Lipinski definition) is 5. The zero-order valence-electron chi connectivity index (χ0n) is 20.2. The van der Waals surface area contributed by atoms with Gasteiger partial charge in [-0.2, -0.15) is 0 Å². The normalized spacial score (nSPS) is 17.8.